The molecule has 6 nitrogen and oxygen atoms in total. The van der Waals surface area contributed by atoms with E-state index in [1.807, 2.05) is 65.3 Å². The van der Waals surface area contributed by atoms with E-state index in [0.717, 1.165) is 54.0 Å². The smallest absolute Gasteiger partial charge is 0.242 e. The maximum Gasteiger partial charge on any atom is 0.242 e. The number of benzene rings is 2. The standard InChI is InChI=1S/C26H30N4O2/c1-19-9-8-10-21(15-19)29-17-20(16-24(29)31)26-27-22-11-4-5-12-23(22)30(26)18-25(32)28-13-6-2-3-7-14-28/h4-5,8-12,15,20H,2-3,6-7,13-14,16-18H2,1H3/t20-/m1/s1. The molecule has 0 aliphatic carbocycles. The number of carbonyl (C=O) groups excluding carboxylic acids is 2. The molecule has 3 heterocycles. The van der Waals surface area contributed by atoms with Gasteiger partial charge in [0.15, 0.2) is 0 Å². The number of aromatic nitrogens is 2. The van der Waals surface area contributed by atoms with E-state index in [1.165, 1.54) is 12.8 Å². The summed E-state index contributed by atoms with van der Waals surface area (Å²) in [7, 11) is 0. The molecule has 1 aromatic heterocycles. The second-order valence-electron chi connectivity index (χ2n) is 9.08. The molecule has 32 heavy (non-hydrogen) atoms. The van der Waals surface area contributed by atoms with Gasteiger partial charge in [0, 0.05) is 37.7 Å². The normalized spacial score (nSPS) is 19.5. The van der Waals surface area contributed by atoms with E-state index >= 15 is 0 Å². The van der Waals surface area contributed by atoms with Crippen molar-refractivity contribution in [1.29, 1.82) is 0 Å². The number of para-hydroxylation sites is 2. The van der Waals surface area contributed by atoms with Crippen molar-refractivity contribution >= 4 is 28.5 Å². The summed E-state index contributed by atoms with van der Waals surface area (Å²) in [5.74, 6) is 1.07. The first-order valence-corrected chi connectivity index (χ1v) is 11.7. The maximum atomic E-state index is 13.2. The quantitative estimate of drug-likeness (QED) is 0.621. The van der Waals surface area contributed by atoms with Crippen molar-refractivity contribution in [3.63, 3.8) is 0 Å². The van der Waals surface area contributed by atoms with Gasteiger partial charge in [0.1, 0.15) is 12.4 Å². The summed E-state index contributed by atoms with van der Waals surface area (Å²) < 4.78 is 2.06. The maximum absolute atomic E-state index is 13.2. The number of nitrogens with zero attached hydrogens (tertiary/aromatic N) is 4. The largest absolute Gasteiger partial charge is 0.341 e. The molecule has 0 saturated carbocycles. The molecule has 3 aromatic rings. The van der Waals surface area contributed by atoms with Gasteiger partial charge in [-0.25, -0.2) is 4.98 Å². The Balaban J connectivity index is 1.45. The van der Waals surface area contributed by atoms with E-state index < -0.39 is 0 Å². The Kier molecular flexibility index (Phi) is 5.68. The van der Waals surface area contributed by atoms with Crippen molar-refractivity contribution in [2.45, 2.75) is 51.5 Å². The number of carbonyl (C=O) groups is 2. The van der Waals surface area contributed by atoms with Gasteiger partial charge in [-0.1, -0.05) is 37.1 Å². The molecule has 2 saturated heterocycles. The molecule has 0 spiro atoms. The third kappa shape index (κ3) is 4.01. The minimum absolute atomic E-state index is 0.0349. The third-order valence-electron chi connectivity index (χ3n) is 6.74. The summed E-state index contributed by atoms with van der Waals surface area (Å²) in [6.45, 7) is 4.58. The number of anilines is 1. The predicted octanol–water partition coefficient (Wildman–Crippen LogP) is 4.27. The zero-order chi connectivity index (χ0) is 22.1. The van der Waals surface area contributed by atoms with Crippen molar-refractivity contribution < 1.29 is 9.59 Å². The van der Waals surface area contributed by atoms with Gasteiger partial charge in [-0.3, -0.25) is 9.59 Å². The van der Waals surface area contributed by atoms with Crippen molar-refractivity contribution in [3.8, 4) is 0 Å². The van der Waals surface area contributed by atoms with Crippen LogP contribution < -0.4 is 4.90 Å². The van der Waals surface area contributed by atoms with Crippen LogP contribution in [0.5, 0.6) is 0 Å². The summed E-state index contributed by atoms with van der Waals surface area (Å²) in [5, 5.41) is 0. The average Bonchev–Trinajstić information content (AvgIpc) is 3.22. The van der Waals surface area contributed by atoms with Gasteiger partial charge in [-0.05, 0) is 49.6 Å². The van der Waals surface area contributed by atoms with E-state index in [2.05, 4.69) is 4.57 Å². The van der Waals surface area contributed by atoms with Crippen molar-refractivity contribution in [2.75, 3.05) is 24.5 Å². The second-order valence-corrected chi connectivity index (χ2v) is 9.08. The number of hydrogen-bond donors (Lipinski definition) is 0. The van der Waals surface area contributed by atoms with E-state index in [9.17, 15) is 9.59 Å². The fourth-order valence-electron chi connectivity index (χ4n) is 5.05. The highest BCUT2D eigenvalue weighted by molar-refractivity contribution is 5.96. The molecular weight excluding hydrogens is 400 g/mol. The van der Waals surface area contributed by atoms with Crippen LogP contribution in [0.1, 0.15) is 49.4 Å². The molecule has 0 radical (unpaired) electrons. The lowest BCUT2D eigenvalue weighted by atomic mass is 10.1. The number of fused-ring (bicyclic) bond motifs is 1. The van der Waals surface area contributed by atoms with Gasteiger partial charge in [0.2, 0.25) is 11.8 Å². The van der Waals surface area contributed by atoms with Gasteiger partial charge in [-0.15, -0.1) is 0 Å². The summed E-state index contributed by atoms with van der Waals surface area (Å²) in [6, 6.07) is 16.0. The van der Waals surface area contributed by atoms with Crippen molar-refractivity contribution in [3.05, 3.63) is 59.9 Å². The number of amides is 2. The highest BCUT2D eigenvalue weighted by Gasteiger charge is 2.35. The number of imidazole rings is 1. The molecule has 0 N–H and O–H groups in total. The Hall–Kier alpha value is -3.15. The first kappa shape index (κ1) is 20.7. The SMILES string of the molecule is Cc1cccc(N2C[C@H](c3nc4ccccc4n3CC(=O)N3CCCCCC3)CC2=O)c1. The van der Waals surface area contributed by atoms with Crippen molar-refractivity contribution in [2.24, 2.45) is 0 Å². The average molecular weight is 431 g/mol. The molecule has 166 valence electrons. The first-order valence-electron chi connectivity index (χ1n) is 11.7. The second kappa shape index (κ2) is 8.77. The fraction of sp³-hybridized carbons (Fsp3) is 0.423. The predicted molar refractivity (Wildman–Crippen MR) is 126 cm³/mol. The molecule has 2 aromatic carbocycles. The van der Waals surface area contributed by atoms with Crippen LogP contribution in [0.2, 0.25) is 0 Å². The van der Waals surface area contributed by atoms with Crippen LogP contribution in [0.25, 0.3) is 11.0 Å². The lowest BCUT2D eigenvalue weighted by Crippen LogP contribution is -2.35. The molecule has 0 bridgehead atoms. The van der Waals surface area contributed by atoms with Crippen LogP contribution in [0, 0.1) is 6.92 Å². The minimum atomic E-state index is -0.0349. The Bertz CT molecular complexity index is 1140. The van der Waals surface area contributed by atoms with Gasteiger partial charge in [0.25, 0.3) is 0 Å². The van der Waals surface area contributed by atoms with E-state index in [0.29, 0.717) is 13.0 Å². The molecule has 2 aliphatic rings. The van der Waals surface area contributed by atoms with Gasteiger partial charge in [-0.2, -0.15) is 0 Å². The van der Waals surface area contributed by atoms with E-state index in [1.54, 1.807) is 0 Å². The molecule has 1 atom stereocenters. The molecule has 2 fully saturated rings. The molecule has 2 amide bonds. The number of aryl methyl sites for hydroxylation is 1. The molecular formula is C26H30N4O2. The van der Waals surface area contributed by atoms with Crippen LogP contribution in [-0.2, 0) is 16.1 Å². The zero-order valence-electron chi connectivity index (χ0n) is 18.7. The highest BCUT2D eigenvalue weighted by Crippen LogP contribution is 2.33. The van der Waals surface area contributed by atoms with Crippen LogP contribution in [-0.4, -0.2) is 45.9 Å². The third-order valence-corrected chi connectivity index (χ3v) is 6.74. The number of hydrogen-bond acceptors (Lipinski definition) is 3. The number of rotatable bonds is 4. The molecule has 2 aliphatic heterocycles. The van der Waals surface area contributed by atoms with Crippen LogP contribution in [0.15, 0.2) is 48.5 Å². The van der Waals surface area contributed by atoms with Crippen LogP contribution in [0.3, 0.4) is 0 Å². The summed E-state index contributed by atoms with van der Waals surface area (Å²) in [4.78, 5) is 34.9. The Morgan fingerprint density at radius 2 is 1.81 bits per heavy atom. The van der Waals surface area contributed by atoms with Crippen molar-refractivity contribution in [1.82, 2.24) is 14.5 Å². The van der Waals surface area contributed by atoms with Gasteiger partial charge < -0.3 is 14.4 Å². The van der Waals surface area contributed by atoms with Crippen LogP contribution >= 0.6 is 0 Å². The Morgan fingerprint density at radius 3 is 2.59 bits per heavy atom. The topological polar surface area (TPSA) is 58.4 Å². The lowest BCUT2D eigenvalue weighted by molar-refractivity contribution is -0.131. The summed E-state index contributed by atoms with van der Waals surface area (Å²) >= 11 is 0. The van der Waals surface area contributed by atoms with Gasteiger partial charge in [0.05, 0.1) is 11.0 Å². The number of likely N-dealkylation sites (tertiary alicyclic amines) is 1. The van der Waals surface area contributed by atoms with E-state index in [-0.39, 0.29) is 24.3 Å². The molecule has 5 rings (SSSR count). The first-order chi connectivity index (χ1) is 15.6. The van der Waals surface area contributed by atoms with E-state index in [4.69, 9.17) is 4.98 Å². The fourth-order valence-corrected chi connectivity index (χ4v) is 5.05. The Labute approximate surface area is 188 Å². The monoisotopic (exact) mass is 430 g/mol. The minimum Gasteiger partial charge on any atom is -0.341 e. The van der Waals surface area contributed by atoms with Crippen LogP contribution in [0.4, 0.5) is 5.69 Å². The highest BCUT2D eigenvalue weighted by atomic mass is 16.2. The summed E-state index contributed by atoms with van der Waals surface area (Å²) in [5.41, 5.74) is 3.91. The molecule has 6 heteroatoms. The molecule has 0 unspecified atom stereocenters. The summed E-state index contributed by atoms with van der Waals surface area (Å²) in [6.07, 6.45) is 4.96. The lowest BCUT2D eigenvalue weighted by Gasteiger charge is -2.22. The zero-order valence-corrected chi connectivity index (χ0v) is 18.7. The Morgan fingerprint density at radius 1 is 1.03 bits per heavy atom. The van der Waals surface area contributed by atoms with Gasteiger partial charge >= 0.3 is 0 Å².